The molecule has 7 heteroatoms. The maximum Gasteiger partial charge on any atom is 0.265 e. The first-order valence-corrected chi connectivity index (χ1v) is 5.94. The van der Waals surface area contributed by atoms with Gasteiger partial charge in [0.1, 0.15) is 0 Å². The van der Waals surface area contributed by atoms with E-state index in [0.29, 0.717) is 5.56 Å². The summed E-state index contributed by atoms with van der Waals surface area (Å²) in [5.74, 6) is -0.841. The number of carbonyl (C=O) groups excluding carboxylic acids is 1. The second-order valence-corrected chi connectivity index (χ2v) is 4.59. The molecule has 2 N–H and O–H groups in total. The Bertz CT molecular complexity index is 446. The fraction of sp³-hybridized carbons (Fsp3) is 0.222. The van der Waals surface area contributed by atoms with Crippen LogP contribution in [0.5, 0.6) is 0 Å². The van der Waals surface area contributed by atoms with Crippen molar-refractivity contribution >= 4 is 39.9 Å². The van der Waals surface area contributed by atoms with E-state index in [0.717, 1.165) is 6.26 Å². The fourth-order valence-electron chi connectivity index (χ4n) is 1.07. The van der Waals surface area contributed by atoms with Gasteiger partial charge < -0.3 is 5.73 Å². The second-order valence-electron chi connectivity index (χ2n) is 2.99. The van der Waals surface area contributed by atoms with Gasteiger partial charge in [-0.15, -0.1) is 0 Å². The first-order valence-electron chi connectivity index (χ1n) is 4.12. The summed E-state index contributed by atoms with van der Waals surface area (Å²) in [4.78, 5) is 11.0. The maximum absolute atomic E-state index is 11.0. The quantitative estimate of drug-likeness (QED) is 0.604. The number of nitrogens with two attached hydrogens (primary N) is 1. The van der Waals surface area contributed by atoms with Crippen molar-refractivity contribution in [2.75, 3.05) is 6.26 Å². The number of rotatable bonds is 4. The van der Waals surface area contributed by atoms with Crippen LogP contribution in [0.3, 0.4) is 0 Å². The van der Waals surface area contributed by atoms with E-state index in [1.54, 1.807) is 30.3 Å². The van der Waals surface area contributed by atoms with Gasteiger partial charge in [-0.3, -0.25) is 8.98 Å². The molecule has 1 atom stereocenters. The van der Waals surface area contributed by atoms with E-state index in [2.05, 4.69) is 4.18 Å². The van der Waals surface area contributed by atoms with Gasteiger partial charge in [0.15, 0.2) is 6.10 Å². The molecule has 1 aromatic carbocycles. The minimum absolute atomic E-state index is 0. The normalized spacial score (nSPS) is 12.6. The summed E-state index contributed by atoms with van der Waals surface area (Å²) in [6.07, 6.45) is -0.396. The monoisotopic (exact) mass is 349 g/mol. The molecule has 0 aliphatic carbocycles. The van der Waals surface area contributed by atoms with E-state index in [9.17, 15) is 13.2 Å². The number of primary amides is 1. The average Bonchev–Trinajstić information content (AvgIpc) is 2.14. The van der Waals surface area contributed by atoms with Gasteiger partial charge in [0.2, 0.25) is 0 Å². The Labute approximate surface area is 111 Å². The van der Waals surface area contributed by atoms with E-state index in [1.165, 1.54) is 0 Å². The third kappa shape index (κ3) is 4.95. The average molecular weight is 348 g/mol. The molecule has 0 aromatic heterocycles. The first kappa shape index (κ1) is 15.4. The van der Waals surface area contributed by atoms with Gasteiger partial charge in [0.05, 0.1) is 6.26 Å². The van der Waals surface area contributed by atoms with Crippen LogP contribution in [-0.4, -0.2) is 44.5 Å². The fourth-order valence-corrected chi connectivity index (χ4v) is 1.63. The molecule has 0 spiro atoms. The van der Waals surface area contributed by atoms with Gasteiger partial charge in [0.25, 0.3) is 16.0 Å². The minimum Gasteiger partial charge on any atom is -0.367 e. The van der Waals surface area contributed by atoms with E-state index >= 15 is 0 Å². The molecule has 1 amide bonds. The molecule has 86 valence electrons. The van der Waals surface area contributed by atoms with E-state index in [1.807, 2.05) is 0 Å². The standard InChI is InChI=1S/C9H11NO4S.Sn/c1-15(12,13)14-8(9(10)11)7-5-3-2-4-6-7;/h2-6,8H,1H3,(H2,10,11);. The number of benzene rings is 1. The van der Waals surface area contributed by atoms with Crippen LogP contribution in [0.2, 0.25) is 0 Å². The number of carbonyl (C=O) groups is 1. The molecule has 0 aliphatic heterocycles. The van der Waals surface area contributed by atoms with Crippen LogP contribution < -0.4 is 5.73 Å². The Morgan fingerprint density at radius 1 is 1.31 bits per heavy atom. The van der Waals surface area contributed by atoms with Crippen LogP contribution in [0.25, 0.3) is 0 Å². The number of amides is 1. The minimum atomic E-state index is -3.72. The Morgan fingerprint density at radius 2 is 1.81 bits per heavy atom. The summed E-state index contributed by atoms with van der Waals surface area (Å²) in [7, 11) is -3.72. The molecular formula is C9H11NO4SSn. The molecule has 0 saturated carbocycles. The molecule has 0 heterocycles. The molecule has 0 bridgehead atoms. The van der Waals surface area contributed by atoms with Crippen LogP contribution in [0, 0.1) is 0 Å². The van der Waals surface area contributed by atoms with Crippen LogP contribution in [-0.2, 0) is 19.1 Å². The smallest absolute Gasteiger partial charge is 0.265 e. The topological polar surface area (TPSA) is 86.5 Å². The van der Waals surface area contributed by atoms with Gasteiger partial charge in [-0.05, 0) is 5.56 Å². The Morgan fingerprint density at radius 3 is 2.19 bits per heavy atom. The first-order chi connectivity index (χ1) is 6.90. The van der Waals surface area contributed by atoms with Gasteiger partial charge in [-0.25, -0.2) is 0 Å². The second kappa shape index (κ2) is 6.21. The van der Waals surface area contributed by atoms with Crippen LogP contribution in [0.1, 0.15) is 11.7 Å². The maximum atomic E-state index is 11.0. The van der Waals surface area contributed by atoms with Crippen molar-refractivity contribution in [1.29, 1.82) is 0 Å². The summed E-state index contributed by atoms with van der Waals surface area (Å²) in [5.41, 5.74) is 5.46. The Balaban J connectivity index is 0.00000225. The van der Waals surface area contributed by atoms with Crippen molar-refractivity contribution in [3.05, 3.63) is 35.9 Å². The van der Waals surface area contributed by atoms with Crippen molar-refractivity contribution in [1.82, 2.24) is 0 Å². The summed E-state index contributed by atoms with van der Waals surface area (Å²) in [6, 6.07) is 8.21. The van der Waals surface area contributed by atoms with Gasteiger partial charge in [-0.1, -0.05) is 30.3 Å². The van der Waals surface area contributed by atoms with E-state index in [-0.39, 0.29) is 23.9 Å². The van der Waals surface area contributed by atoms with Crippen molar-refractivity contribution in [3.63, 3.8) is 0 Å². The summed E-state index contributed by atoms with van der Waals surface area (Å²) < 4.78 is 26.4. The molecule has 1 aromatic rings. The van der Waals surface area contributed by atoms with Crippen LogP contribution >= 0.6 is 0 Å². The molecule has 5 nitrogen and oxygen atoms in total. The van der Waals surface area contributed by atoms with Gasteiger partial charge >= 0.3 is 0 Å². The molecule has 16 heavy (non-hydrogen) atoms. The molecular weight excluding hydrogens is 337 g/mol. The molecule has 1 rings (SSSR count). The summed E-state index contributed by atoms with van der Waals surface area (Å²) in [5, 5.41) is 0. The Kier molecular flexibility index (Phi) is 5.98. The van der Waals surface area contributed by atoms with Crippen molar-refractivity contribution in [2.45, 2.75) is 6.10 Å². The van der Waals surface area contributed by atoms with Gasteiger partial charge in [-0.2, -0.15) is 8.42 Å². The predicted octanol–water partition coefficient (Wildman–Crippen LogP) is -0.192. The SMILES string of the molecule is CS(=O)(=O)OC(C(N)=O)c1ccccc1.[Sn]. The van der Waals surface area contributed by atoms with Gasteiger partial charge in [0, 0.05) is 23.9 Å². The molecule has 4 radical (unpaired) electrons. The largest absolute Gasteiger partial charge is 0.367 e. The molecule has 0 saturated heterocycles. The summed E-state index contributed by atoms with van der Waals surface area (Å²) >= 11 is 0. The zero-order valence-electron chi connectivity index (χ0n) is 8.58. The van der Waals surface area contributed by atoms with Crippen molar-refractivity contribution < 1.29 is 17.4 Å². The van der Waals surface area contributed by atoms with Crippen LogP contribution in [0.4, 0.5) is 0 Å². The molecule has 0 fully saturated rings. The number of hydrogen-bond acceptors (Lipinski definition) is 4. The van der Waals surface area contributed by atoms with Crippen LogP contribution in [0.15, 0.2) is 30.3 Å². The molecule has 0 aliphatic rings. The third-order valence-electron chi connectivity index (χ3n) is 1.63. The zero-order valence-corrected chi connectivity index (χ0v) is 12.3. The zero-order chi connectivity index (χ0) is 11.5. The van der Waals surface area contributed by atoms with Crippen molar-refractivity contribution in [3.8, 4) is 0 Å². The van der Waals surface area contributed by atoms with E-state index < -0.39 is 22.1 Å². The van der Waals surface area contributed by atoms with E-state index in [4.69, 9.17) is 5.73 Å². The van der Waals surface area contributed by atoms with Crippen molar-refractivity contribution in [2.24, 2.45) is 5.73 Å². The molecule has 1 unspecified atom stereocenters. The predicted molar refractivity (Wildman–Crippen MR) is 60.1 cm³/mol. The third-order valence-corrected chi connectivity index (χ3v) is 2.17. The Hall–Kier alpha value is -0.601. The number of hydrogen-bond donors (Lipinski definition) is 1. The summed E-state index contributed by atoms with van der Waals surface area (Å²) in [6.45, 7) is 0.